The minimum Gasteiger partial charge on any atom is -0.478 e. The Morgan fingerprint density at radius 3 is 2.94 bits per heavy atom. The normalized spacial score (nSPS) is 17.1. The Bertz CT molecular complexity index is 587. The number of aromatic carboxylic acids is 1. The summed E-state index contributed by atoms with van der Waals surface area (Å²) in [6.45, 7) is 1.97. The van der Waals surface area contributed by atoms with Crippen LogP contribution in [0.1, 0.15) is 34.9 Å². The van der Waals surface area contributed by atoms with Gasteiger partial charge in [0, 0.05) is 12.1 Å². The Morgan fingerprint density at radius 1 is 1.44 bits per heavy atom. The highest BCUT2D eigenvalue weighted by atomic mass is 16.4. The molecule has 2 N–H and O–H groups in total. The standard InChI is InChI=1S/C12H14N4O2/c17-12(18)9-3-6-16-10(7-9)14-11(15-16)8-1-4-13-5-2-8/h3,6-8,13H,1-2,4-5H2,(H,17,18). The molecular weight excluding hydrogens is 232 g/mol. The molecule has 0 aromatic carbocycles. The number of nitrogens with one attached hydrogen (secondary N) is 1. The van der Waals surface area contributed by atoms with Crippen LogP contribution in [0.3, 0.4) is 0 Å². The molecule has 1 aliphatic rings. The van der Waals surface area contributed by atoms with Gasteiger partial charge in [0.1, 0.15) is 0 Å². The number of pyridine rings is 1. The molecule has 94 valence electrons. The monoisotopic (exact) mass is 246 g/mol. The molecule has 0 atom stereocenters. The maximum Gasteiger partial charge on any atom is 0.335 e. The van der Waals surface area contributed by atoms with Crippen molar-refractivity contribution in [1.82, 2.24) is 19.9 Å². The van der Waals surface area contributed by atoms with Crippen LogP contribution < -0.4 is 5.32 Å². The van der Waals surface area contributed by atoms with Crippen LogP contribution in [0.15, 0.2) is 18.3 Å². The van der Waals surface area contributed by atoms with Crippen LogP contribution >= 0.6 is 0 Å². The van der Waals surface area contributed by atoms with Gasteiger partial charge in [-0.05, 0) is 38.1 Å². The van der Waals surface area contributed by atoms with Gasteiger partial charge in [0.25, 0.3) is 0 Å². The third-order valence-corrected chi connectivity index (χ3v) is 3.31. The first-order chi connectivity index (χ1) is 8.74. The van der Waals surface area contributed by atoms with E-state index in [0.717, 1.165) is 31.8 Å². The molecule has 3 rings (SSSR count). The van der Waals surface area contributed by atoms with E-state index >= 15 is 0 Å². The predicted molar refractivity (Wildman–Crippen MR) is 64.8 cm³/mol. The zero-order chi connectivity index (χ0) is 12.5. The molecule has 0 bridgehead atoms. The highest BCUT2D eigenvalue weighted by molar-refractivity contribution is 5.88. The van der Waals surface area contributed by atoms with Crippen LogP contribution in [-0.4, -0.2) is 38.8 Å². The number of nitrogens with zero attached hydrogens (tertiary/aromatic N) is 3. The van der Waals surface area contributed by atoms with Gasteiger partial charge in [0.2, 0.25) is 0 Å². The number of piperidine rings is 1. The molecule has 6 heteroatoms. The fourth-order valence-corrected chi connectivity index (χ4v) is 2.28. The molecule has 0 radical (unpaired) electrons. The number of hydrogen-bond donors (Lipinski definition) is 2. The average molecular weight is 246 g/mol. The Kier molecular flexibility index (Phi) is 2.71. The summed E-state index contributed by atoms with van der Waals surface area (Å²) >= 11 is 0. The van der Waals surface area contributed by atoms with Crippen molar-refractivity contribution in [2.24, 2.45) is 0 Å². The van der Waals surface area contributed by atoms with E-state index in [4.69, 9.17) is 5.11 Å². The van der Waals surface area contributed by atoms with E-state index < -0.39 is 5.97 Å². The van der Waals surface area contributed by atoms with Crippen molar-refractivity contribution < 1.29 is 9.90 Å². The van der Waals surface area contributed by atoms with E-state index in [2.05, 4.69) is 15.4 Å². The molecule has 1 aliphatic heterocycles. The van der Waals surface area contributed by atoms with Crippen molar-refractivity contribution in [2.75, 3.05) is 13.1 Å². The lowest BCUT2D eigenvalue weighted by Crippen LogP contribution is -2.27. The number of carboxylic acid groups (broad SMARTS) is 1. The van der Waals surface area contributed by atoms with Crippen molar-refractivity contribution in [3.63, 3.8) is 0 Å². The van der Waals surface area contributed by atoms with Gasteiger partial charge in [-0.25, -0.2) is 14.3 Å². The lowest BCUT2D eigenvalue weighted by molar-refractivity contribution is 0.0697. The zero-order valence-electron chi connectivity index (χ0n) is 9.83. The van der Waals surface area contributed by atoms with Gasteiger partial charge in [0.05, 0.1) is 5.56 Å². The number of carboxylic acids is 1. The molecule has 0 amide bonds. The molecule has 3 heterocycles. The van der Waals surface area contributed by atoms with Gasteiger partial charge in [0.15, 0.2) is 11.5 Å². The van der Waals surface area contributed by atoms with Crippen molar-refractivity contribution in [1.29, 1.82) is 0 Å². The second-order valence-electron chi connectivity index (χ2n) is 4.52. The molecule has 6 nitrogen and oxygen atoms in total. The molecule has 0 aliphatic carbocycles. The minimum absolute atomic E-state index is 0.242. The number of fused-ring (bicyclic) bond motifs is 1. The lowest BCUT2D eigenvalue weighted by atomic mass is 9.98. The Hall–Kier alpha value is -1.95. The van der Waals surface area contributed by atoms with E-state index in [9.17, 15) is 4.79 Å². The van der Waals surface area contributed by atoms with E-state index in [0.29, 0.717) is 11.6 Å². The SMILES string of the molecule is O=C(O)c1ccn2nc(C3CCNCC3)nc2c1. The van der Waals surface area contributed by atoms with Crippen LogP contribution in [0.5, 0.6) is 0 Å². The van der Waals surface area contributed by atoms with Gasteiger partial charge in [-0.2, -0.15) is 5.10 Å². The highest BCUT2D eigenvalue weighted by Crippen LogP contribution is 2.22. The van der Waals surface area contributed by atoms with E-state index in [-0.39, 0.29) is 5.56 Å². The summed E-state index contributed by atoms with van der Waals surface area (Å²) in [5.74, 6) is 0.252. The van der Waals surface area contributed by atoms with Crippen LogP contribution in [0.4, 0.5) is 0 Å². The van der Waals surface area contributed by atoms with Crippen LogP contribution in [0, 0.1) is 0 Å². The molecule has 0 spiro atoms. The Balaban J connectivity index is 1.97. The number of rotatable bonds is 2. The van der Waals surface area contributed by atoms with Crippen molar-refractivity contribution >= 4 is 11.6 Å². The largest absolute Gasteiger partial charge is 0.478 e. The lowest BCUT2D eigenvalue weighted by Gasteiger charge is -2.19. The van der Waals surface area contributed by atoms with E-state index in [1.54, 1.807) is 16.8 Å². The molecule has 2 aromatic rings. The molecule has 1 saturated heterocycles. The van der Waals surface area contributed by atoms with Crippen molar-refractivity contribution in [2.45, 2.75) is 18.8 Å². The fourth-order valence-electron chi connectivity index (χ4n) is 2.28. The Labute approximate surface area is 104 Å². The topological polar surface area (TPSA) is 79.5 Å². The minimum atomic E-state index is -0.941. The van der Waals surface area contributed by atoms with Crippen LogP contribution in [0.25, 0.3) is 5.65 Å². The fraction of sp³-hybridized carbons (Fsp3) is 0.417. The van der Waals surface area contributed by atoms with Crippen molar-refractivity contribution in [3.05, 3.63) is 29.7 Å². The van der Waals surface area contributed by atoms with E-state index in [1.807, 2.05) is 0 Å². The zero-order valence-corrected chi connectivity index (χ0v) is 9.83. The summed E-state index contributed by atoms with van der Waals surface area (Å²) in [6.07, 6.45) is 3.71. The first-order valence-corrected chi connectivity index (χ1v) is 6.04. The quantitative estimate of drug-likeness (QED) is 0.822. The second-order valence-corrected chi connectivity index (χ2v) is 4.52. The van der Waals surface area contributed by atoms with Gasteiger partial charge in [-0.1, -0.05) is 0 Å². The molecule has 0 unspecified atom stereocenters. The average Bonchev–Trinajstić information content (AvgIpc) is 2.82. The summed E-state index contributed by atoms with van der Waals surface area (Å²) in [5.41, 5.74) is 0.843. The van der Waals surface area contributed by atoms with Gasteiger partial charge in [-0.15, -0.1) is 0 Å². The maximum atomic E-state index is 10.9. The molecule has 2 aromatic heterocycles. The highest BCUT2D eigenvalue weighted by Gasteiger charge is 2.19. The molecule has 18 heavy (non-hydrogen) atoms. The van der Waals surface area contributed by atoms with E-state index in [1.165, 1.54) is 6.07 Å². The van der Waals surface area contributed by atoms with Crippen molar-refractivity contribution in [3.8, 4) is 0 Å². The van der Waals surface area contributed by atoms with Crippen LogP contribution in [0.2, 0.25) is 0 Å². The number of hydrogen-bond acceptors (Lipinski definition) is 4. The number of carbonyl (C=O) groups is 1. The maximum absolute atomic E-state index is 10.9. The molecule has 1 fully saturated rings. The first kappa shape index (κ1) is 11.2. The summed E-state index contributed by atoms with van der Waals surface area (Å²) in [5, 5.41) is 16.7. The third kappa shape index (κ3) is 1.95. The summed E-state index contributed by atoms with van der Waals surface area (Å²) in [7, 11) is 0. The molecule has 0 saturated carbocycles. The summed E-state index contributed by atoms with van der Waals surface area (Å²) in [6, 6.07) is 3.09. The smallest absolute Gasteiger partial charge is 0.335 e. The third-order valence-electron chi connectivity index (χ3n) is 3.31. The summed E-state index contributed by atoms with van der Waals surface area (Å²) < 4.78 is 1.64. The summed E-state index contributed by atoms with van der Waals surface area (Å²) in [4.78, 5) is 15.3. The molecular formula is C12H14N4O2. The second kappa shape index (κ2) is 4.38. The van der Waals surface area contributed by atoms with Gasteiger partial charge >= 0.3 is 5.97 Å². The first-order valence-electron chi connectivity index (χ1n) is 6.04. The van der Waals surface area contributed by atoms with Gasteiger partial charge in [-0.3, -0.25) is 0 Å². The predicted octanol–water partition coefficient (Wildman–Crippen LogP) is 0.894. The van der Waals surface area contributed by atoms with Crippen LogP contribution in [-0.2, 0) is 0 Å². The van der Waals surface area contributed by atoms with Gasteiger partial charge < -0.3 is 10.4 Å². The number of aromatic nitrogens is 3. The Morgan fingerprint density at radius 2 is 2.22 bits per heavy atom.